The summed E-state index contributed by atoms with van der Waals surface area (Å²) in [6, 6.07) is 7.49. The minimum Gasteiger partial charge on any atom is -0.481 e. The van der Waals surface area contributed by atoms with Crippen LogP contribution < -0.4 is 5.73 Å². The highest BCUT2D eigenvalue weighted by Crippen LogP contribution is 2.49. The molecule has 3 N–H and O–H groups in total. The molecule has 2 heterocycles. The highest BCUT2D eigenvalue weighted by Gasteiger charge is 2.48. The van der Waals surface area contributed by atoms with Crippen LogP contribution in [0.25, 0.3) is 0 Å². The summed E-state index contributed by atoms with van der Waals surface area (Å²) in [4.78, 5) is 28.4. The number of aryl methyl sites for hydroxylation is 1. The quantitative estimate of drug-likeness (QED) is 0.539. The van der Waals surface area contributed by atoms with Gasteiger partial charge in [0.1, 0.15) is 12.4 Å². The summed E-state index contributed by atoms with van der Waals surface area (Å²) in [5.74, 6) is -1.04. The Kier molecular flexibility index (Phi) is 7.21. The maximum Gasteiger partial charge on any atom is 0.303 e. The van der Waals surface area contributed by atoms with Gasteiger partial charge in [-0.2, -0.15) is 0 Å². The zero-order valence-corrected chi connectivity index (χ0v) is 19.6. The highest BCUT2D eigenvalue weighted by atomic mass is 35.5. The Balaban J connectivity index is 1.67. The zero-order chi connectivity index (χ0) is 24.3. The molecule has 34 heavy (non-hydrogen) atoms. The fourth-order valence-corrected chi connectivity index (χ4v) is 4.94. The fourth-order valence-electron chi connectivity index (χ4n) is 4.81. The Labute approximate surface area is 202 Å². The second-order valence-electron chi connectivity index (χ2n) is 8.60. The van der Waals surface area contributed by atoms with E-state index in [1.54, 1.807) is 0 Å². The summed E-state index contributed by atoms with van der Waals surface area (Å²) in [6.45, 7) is 2.09. The number of hydrogen-bond donors (Lipinski definition) is 2. The fraction of sp³-hybridized carbons (Fsp3) is 0.400. The lowest BCUT2D eigenvalue weighted by Crippen LogP contribution is -2.45. The van der Waals surface area contributed by atoms with Crippen LogP contribution in [0.3, 0.4) is 0 Å². The number of carbonyl (C=O) groups is 2. The summed E-state index contributed by atoms with van der Waals surface area (Å²) in [6.07, 6.45) is 5.31. The number of ether oxygens (including phenoxy) is 2. The summed E-state index contributed by atoms with van der Waals surface area (Å²) in [5.41, 5.74) is 8.53. The van der Waals surface area contributed by atoms with Gasteiger partial charge in [-0.25, -0.2) is 4.98 Å². The van der Waals surface area contributed by atoms with E-state index in [1.807, 2.05) is 37.3 Å². The van der Waals surface area contributed by atoms with Crippen molar-refractivity contribution in [3.63, 3.8) is 0 Å². The van der Waals surface area contributed by atoms with E-state index >= 15 is 0 Å². The van der Waals surface area contributed by atoms with Crippen molar-refractivity contribution in [2.75, 3.05) is 6.61 Å². The van der Waals surface area contributed by atoms with Crippen molar-refractivity contribution < 1.29 is 28.6 Å². The molecule has 1 saturated heterocycles. The lowest BCUT2D eigenvalue weighted by molar-refractivity contribution is -0.137. The third-order valence-electron chi connectivity index (χ3n) is 6.59. The number of aromatic nitrogens is 1. The second kappa shape index (κ2) is 10.1. The van der Waals surface area contributed by atoms with E-state index in [1.165, 1.54) is 12.5 Å². The number of hydrogen-bond acceptors (Lipinski definition) is 6. The first-order valence-corrected chi connectivity index (χ1v) is 11.5. The van der Waals surface area contributed by atoms with Gasteiger partial charge in [-0.05, 0) is 67.0 Å². The van der Waals surface area contributed by atoms with Crippen LogP contribution in [0, 0.1) is 5.41 Å². The molecule has 2 aromatic rings. The molecular formula is C25H27ClN2O6. The van der Waals surface area contributed by atoms with E-state index in [9.17, 15) is 14.7 Å². The van der Waals surface area contributed by atoms with Crippen LogP contribution in [-0.4, -0.2) is 34.7 Å². The van der Waals surface area contributed by atoms with Gasteiger partial charge in [0.2, 0.25) is 12.2 Å². The number of oxazole rings is 1. The van der Waals surface area contributed by atoms with Crippen LogP contribution in [0.2, 0.25) is 5.02 Å². The monoisotopic (exact) mass is 486 g/mol. The normalized spacial score (nSPS) is 24.8. The van der Waals surface area contributed by atoms with Crippen molar-refractivity contribution in [3.05, 3.63) is 76.0 Å². The predicted molar refractivity (Wildman–Crippen MR) is 124 cm³/mol. The standard InChI is InChI=1S/C25H27ClN2O6/c1-15-17(4-7-20(29)30)9-11-25(24(27)31,10-8-16-2-5-18(26)6-3-16)21(15)19-14-33-23(34-19)22-28-12-13-32-22/h2-3,5-6,9,12-13,19,23H,4,7-8,10-11,14H2,1H3,(H2,27,31)(H,29,30). The largest absolute Gasteiger partial charge is 0.481 e. The number of carbonyl (C=O) groups excluding carboxylic acids is 1. The molecule has 1 aromatic carbocycles. The number of nitrogens with zero attached hydrogens (tertiary/aromatic N) is 1. The first-order valence-electron chi connectivity index (χ1n) is 11.1. The van der Waals surface area contributed by atoms with E-state index in [-0.39, 0.29) is 13.0 Å². The van der Waals surface area contributed by atoms with Crippen molar-refractivity contribution in [1.82, 2.24) is 4.98 Å². The Morgan fingerprint density at radius 3 is 2.68 bits per heavy atom. The smallest absolute Gasteiger partial charge is 0.303 e. The predicted octanol–water partition coefficient (Wildman–Crippen LogP) is 4.36. The van der Waals surface area contributed by atoms with Crippen LogP contribution in [-0.2, 0) is 25.5 Å². The number of amides is 1. The lowest BCUT2D eigenvalue weighted by Gasteiger charge is -2.40. The van der Waals surface area contributed by atoms with Crippen molar-refractivity contribution >= 4 is 23.5 Å². The molecule has 3 atom stereocenters. The third kappa shape index (κ3) is 4.94. The molecule has 1 fully saturated rings. The van der Waals surface area contributed by atoms with E-state index < -0.39 is 29.7 Å². The SMILES string of the molecule is CC1=C(C2COC(c3ncco3)O2)C(CCc2ccc(Cl)cc2)(C(N)=O)CC=C1CCC(=O)O. The first kappa shape index (κ1) is 24.2. The molecule has 4 rings (SSSR count). The Morgan fingerprint density at radius 1 is 1.26 bits per heavy atom. The average molecular weight is 487 g/mol. The molecule has 1 amide bonds. The molecule has 0 spiro atoms. The molecule has 180 valence electrons. The van der Waals surface area contributed by atoms with Crippen LogP contribution in [0.1, 0.15) is 50.4 Å². The lowest BCUT2D eigenvalue weighted by atomic mass is 9.65. The molecule has 3 unspecified atom stereocenters. The maximum atomic E-state index is 13.1. The van der Waals surface area contributed by atoms with E-state index in [0.29, 0.717) is 36.6 Å². The van der Waals surface area contributed by atoms with Crippen molar-refractivity contribution in [2.24, 2.45) is 11.1 Å². The molecule has 2 aliphatic rings. The number of rotatable bonds is 9. The number of carboxylic acids is 1. The molecule has 0 bridgehead atoms. The van der Waals surface area contributed by atoms with Crippen molar-refractivity contribution in [1.29, 1.82) is 0 Å². The van der Waals surface area contributed by atoms with Crippen molar-refractivity contribution in [2.45, 2.75) is 51.4 Å². The first-order chi connectivity index (χ1) is 16.3. The van der Waals surface area contributed by atoms with Gasteiger partial charge in [-0.1, -0.05) is 29.8 Å². The number of allylic oxidation sites excluding steroid dienone is 3. The van der Waals surface area contributed by atoms with Crippen LogP contribution in [0.5, 0.6) is 0 Å². The molecule has 0 saturated carbocycles. The molecular weight excluding hydrogens is 460 g/mol. The molecule has 1 aliphatic heterocycles. The second-order valence-corrected chi connectivity index (χ2v) is 9.04. The van der Waals surface area contributed by atoms with Crippen molar-refractivity contribution in [3.8, 4) is 0 Å². The Morgan fingerprint density at radius 2 is 2.03 bits per heavy atom. The van der Waals surface area contributed by atoms with Gasteiger partial charge in [0.05, 0.1) is 18.2 Å². The number of carboxylic acid groups (broad SMARTS) is 1. The van der Waals surface area contributed by atoms with Crippen LogP contribution in [0.4, 0.5) is 0 Å². The van der Waals surface area contributed by atoms with E-state index in [4.69, 9.17) is 31.2 Å². The molecule has 0 radical (unpaired) electrons. The average Bonchev–Trinajstić information content (AvgIpc) is 3.50. The van der Waals surface area contributed by atoms with Gasteiger partial charge < -0.3 is 24.7 Å². The minimum absolute atomic E-state index is 0.00817. The highest BCUT2D eigenvalue weighted by molar-refractivity contribution is 6.30. The number of aliphatic carboxylic acids is 1. The van der Waals surface area contributed by atoms with E-state index in [2.05, 4.69) is 4.98 Å². The number of primary amides is 1. The van der Waals surface area contributed by atoms with Crippen LogP contribution in [0.15, 0.2) is 63.9 Å². The van der Waals surface area contributed by atoms with Gasteiger partial charge in [0, 0.05) is 11.4 Å². The van der Waals surface area contributed by atoms with Gasteiger partial charge in [-0.15, -0.1) is 0 Å². The van der Waals surface area contributed by atoms with Gasteiger partial charge in [0.15, 0.2) is 0 Å². The summed E-state index contributed by atoms with van der Waals surface area (Å²) in [5, 5.41) is 9.82. The summed E-state index contributed by atoms with van der Waals surface area (Å²) >= 11 is 6.02. The maximum absolute atomic E-state index is 13.1. The summed E-state index contributed by atoms with van der Waals surface area (Å²) in [7, 11) is 0. The van der Waals surface area contributed by atoms with Crippen LogP contribution >= 0.6 is 11.6 Å². The topological polar surface area (TPSA) is 125 Å². The molecule has 1 aromatic heterocycles. The minimum atomic E-state index is -1.00. The molecule has 1 aliphatic carbocycles. The molecule has 9 heteroatoms. The Bertz CT molecular complexity index is 1110. The Hall–Kier alpha value is -2.94. The third-order valence-corrected chi connectivity index (χ3v) is 6.85. The summed E-state index contributed by atoms with van der Waals surface area (Å²) < 4.78 is 17.3. The van der Waals surface area contributed by atoms with Gasteiger partial charge in [-0.3, -0.25) is 9.59 Å². The number of nitrogens with two attached hydrogens (primary N) is 1. The van der Waals surface area contributed by atoms with Gasteiger partial charge in [0.25, 0.3) is 5.89 Å². The van der Waals surface area contributed by atoms with E-state index in [0.717, 1.165) is 22.3 Å². The number of benzene rings is 1. The molecule has 8 nitrogen and oxygen atoms in total. The van der Waals surface area contributed by atoms with Gasteiger partial charge >= 0.3 is 5.97 Å². The number of halogens is 1. The zero-order valence-electron chi connectivity index (χ0n) is 18.8.